The van der Waals surface area contributed by atoms with Crippen LogP contribution in [0.1, 0.15) is 30.2 Å². The van der Waals surface area contributed by atoms with E-state index < -0.39 is 11.2 Å². The number of benzene rings is 1. The summed E-state index contributed by atoms with van der Waals surface area (Å²) in [5, 5.41) is 3.90. The van der Waals surface area contributed by atoms with E-state index in [2.05, 4.69) is 20.5 Å². The van der Waals surface area contributed by atoms with Gasteiger partial charge in [-0.2, -0.15) is 5.10 Å². The molecule has 0 saturated heterocycles. The van der Waals surface area contributed by atoms with E-state index in [9.17, 15) is 14.4 Å². The van der Waals surface area contributed by atoms with Crippen LogP contribution in [0.4, 0.5) is 0 Å². The van der Waals surface area contributed by atoms with Gasteiger partial charge in [-0.15, -0.1) is 0 Å². The molecule has 2 aromatic rings. The quantitative estimate of drug-likeness (QED) is 0.467. The highest BCUT2D eigenvalue weighted by Crippen LogP contribution is 2.27. The Morgan fingerprint density at radius 3 is 2.70 bits per heavy atom. The summed E-state index contributed by atoms with van der Waals surface area (Å²) in [7, 11) is 1.56. The molecule has 0 atom stereocenters. The van der Waals surface area contributed by atoms with Gasteiger partial charge in [-0.25, -0.2) is 10.2 Å². The van der Waals surface area contributed by atoms with Crippen LogP contribution in [0.25, 0.3) is 0 Å². The number of aromatic amines is 2. The van der Waals surface area contributed by atoms with Crippen molar-refractivity contribution in [2.24, 2.45) is 5.10 Å². The van der Waals surface area contributed by atoms with Crippen LogP contribution in [0, 0.1) is 6.92 Å². The van der Waals surface area contributed by atoms with Crippen LogP contribution in [-0.4, -0.2) is 35.8 Å². The highest BCUT2D eigenvalue weighted by atomic mass is 16.5. The van der Waals surface area contributed by atoms with E-state index in [1.165, 1.54) is 6.21 Å². The van der Waals surface area contributed by atoms with Crippen LogP contribution in [0.2, 0.25) is 0 Å². The molecule has 2 rings (SSSR count). The first-order chi connectivity index (χ1) is 12.9. The smallest absolute Gasteiger partial charge is 0.325 e. The van der Waals surface area contributed by atoms with Crippen LogP contribution in [0.3, 0.4) is 0 Å². The van der Waals surface area contributed by atoms with Crippen molar-refractivity contribution < 1.29 is 14.3 Å². The van der Waals surface area contributed by atoms with Crippen molar-refractivity contribution in [1.29, 1.82) is 0 Å². The van der Waals surface area contributed by atoms with Crippen molar-refractivity contribution in [1.82, 2.24) is 15.4 Å². The van der Waals surface area contributed by atoms with Crippen molar-refractivity contribution in [2.75, 3.05) is 13.7 Å². The molecule has 0 bridgehead atoms. The Hall–Kier alpha value is -3.36. The maximum Gasteiger partial charge on any atom is 0.325 e. The fourth-order valence-electron chi connectivity index (χ4n) is 2.44. The number of carbonyl (C=O) groups excluding carboxylic acids is 1. The van der Waals surface area contributed by atoms with Crippen molar-refractivity contribution in [3.63, 3.8) is 0 Å². The minimum atomic E-state index is -0.568. The second-order valence-corrected chi connectivity index (χ2v) is 5.65. The molecule has 0 aliphatic rings. The van der Waals surface area contributed by atoms with Crippen LogP contribution < -0.4 is 26.1 Å². The van der Waals surface area contributed by atoms with Gasteiger partial charge in [-0.1, -0.05) is 0 Å². The molecule has 0 fully saturated rings. The summed E-state index contributed by atoms with van der Waals surface area (Å²) in [6.07, 6.45) is 1.73. The summed E-state index contributed by atoms with van der Waals surface area (Å²) in [6.45, 7) is 3.98. The Morgan fingerprint density at radius 1 is 1.26 bits per heavy atom. The number of methoxy groups -OCH3 is 1. The van der Waals surface area contributed by atoms with Gasteiger partial charge in [0.15, 0.2) is 11.5 Å². The normalized spacial score (nSPS) is 10.8. The van der Waals surface area contributed by atoms with Crippen molar-refractivity contribution in [2.45, 2.75) is 26.7 Å². The lowest BCUT2D eigenvalue weighted by Crippen LogP contribution is -2.28. The molecule has 27 heavy (non-hydrogen) atoms. The SMILES string of the molecule is CCOc1cc(/C=N/NC(=O)CCc2c(C)[nH]c(=O)[nH]c2=O)ccc1OC. The van der Waals surface area contributed by atoms with Crippen LogP contribution in [-0.2, 0) is 11.2 Å². The number of H-pyrrole nitrogens is 2. The number of nitrogens with one attached hydrogen (secondary N) is 3. The third-order valence-corrected chi connectivity index (χ3v) is 3.75. The maximum absolute atomic E-state index is 11.9. The molecule has 1 aromatic heterocycles. The summed E-state index contributed by atoms with van der Waals surface area (Å²) >= 11 is 0. The molecule has 1 aromatic carbocycles. The number of carbonyl (C=O) groups is 1. The molecular weight excluding hydrogens is 352 g/mol. The Balaban J connectivity index is 1.95. The third kappa shape index (κ3) is 5.56. The molecular formula is C18H22N4O5. The van der Waals surface area contributed by atoms with Gasteiger partial charge < -0.3 is 14.5 Å². The van der Waals surface area contributed by atoms with Crippen molar-refractivity contribution >= 4 is 12.1 Å². The zero-order chi connectivity index (χ0) is 19.8. The Morgan fingerprint density at radius 2 is 2.04 bits per heavy atom. The lowest BCUT2D eigenvalue weighted by Gasteiger charge is -2.09. The lowest BCUT2D eigenvalue weighted by molar-refractivity contribution is -0.121. The summed E-state index contributed by atoms with van der Waals surface area (Å²) in [5.41, 5.74) is 2.89. The van der Waals surface area contributed by atoms with E-state index in [0.29, 0.717) is 29.4 Å². The predicted molar refractivity (Wildman–Crippen MR) is 101 cm³/mol. The third-order valence-electron chi connectivity index (χ3n) is 3.75. The fraction of sp³-hybridized carbons (Fsp3) is 0.333. The fourth-order valence-corrected chi connectivity index (χ4v) is 2.44. The van der Waals surface area contributed by atoms with E-state index in [1.807, 2.05) is 6.92 Å². The molecule has 0 aliphatic carbocycles. The van der Waals surface area contributed by atoms with Gasteiger partial charge in [0.05, 0.1) is 19.9 Å². The van der Waals surface area contributed by atoms with E-state index in [4.69, 9.17) is 9.47 Å². The first-order valence-corrected chi connectivity index (χ1v) is 8.39. The molecule has 3 N–H and O–H groups in total. The molecule has 9 nitrogen and oxygen atoms in total. The molecule has 144 valence electrons. The standard InChI is InChI=1S/C18H22N4O5/c1-4-27-15-9-12(5-7-14(15)26-3)10-19-22-16(23)8-6-13-11(2)20-18(25)21-17(13)24/h5,7,9-10H,4,6,8H2,1-3H3,(H,22,23)(H2,20,21,24,25)/b19-10+. The van der Waals surface area contributed by atoms with Gasteiger partial charge in [0, 0.05) is 17.7 Å². The van der Waals surface area contributed by atoms with Crippen molar-refractivity contribution in [3.05, 3.63) is 55.9 Å². The monoisotopic (exact) mass is 374 g/mol. The maximum atomic E-state index is 11.9. The summed E-state index contributed by atoms with van der Waals surface area (Å²) in [4.78, 5) is 39.5. The number of nitrogens with zero attached hydrogens (tertiary/aromatic N) is 1. The second kappa shape index (κ2) is 9.37. The van der Waals surface area contributed by atoms with Crippen molar-refractivity contribution in [3.8, 4) is 11.5 Å². The number of ether oxygens (including phenoxy) is 2. The van der Waals surface area contributed by atoms with Crippen LogP contribution in [0.15, 0.2) is 32.9 Å². The highest BCUT2D eigenvalue weighted by molar-refractivity contribution is 5.83. The Bertz CT molecular complexity index is 945. The molecule has 9 heteroatoms. The van der Waals surface area contributed by atoms with Gasteiger partial charge in [0.25, 0.3) is 5.56 Å². The zero-order valence-electron chi connectivity index (χ0n) is 15.4. The first kappa shape index (κ1) is 20.0. The van der Waals surface area contributed by atoms with E-state index in [0.717, 1.165) is 5.56 Å². The molecule has 0 radical (unpaired) electrons. The second-order valence-electron chi connectivity index (χ2n) is 5.65. The van der Waals surface area contributed by atoms with E-state index >= 15 is 0 Å². The van der Waals surface area contributed by atoms with E-state index in [-0.39, 0.29) is 18.7 Å². The van der Waals surface area contributed by atoms with Gasteiger partial charge >= 0.3 is 5.69 Å². The number of hydrogen-bond acceptors (Lipinski definition) is 6. The number of aromatic nitrogens is 2. The number of hydrogen-bond donors (Lipinski definition) is 3. The topological polar surface area (TPSA) is 126 Å². The molecule has 1 heterocycles. The number of amides is 1. The average Bonchev–Trinajstić information content (AvgIpc) is 2.61. The minimum Gasteiger partial charge on any atom is -0.493 e. The van der Waals surface area contributed by atoms with E-state index in [1.54, 1.807) is 32.2 Å². The largest absolute Gasteiger partial charge is 0.493 e. The zero-order valence-corrected chi connectivity index (χ0v) is 15.4. The number of hydrazone groups is 1. The van der Waals surface area contributed by atoms with Gasteiger partial charge in [0.2, 0.25) is 5.91 Å². The molecule has 0 aliphatic heterocycles. The van der Waals surface area contributed by atoms with Crippen LogP contribution in [0.5, 0.6) is 11.5 Å². The Kier molecular flexibility index (Phi) is 6.93. The summed E-state index contributed by atoms with van der Waals surface area (Å²) < 4.78 is 10.7. The van der Waals surface area contributed by atoms with Gasteiger partial charge in [-0.3, -0.25) is 14.6 Å². The summed E-state index contributed by atoms with van der Waals surface area (Å²) in [6, 6.07) is 5.28. The molecule has 0 unspecified atom stereocenters. The average molecular weight is 374 g/mol. The highest BCUT2D eigenvalue weighted by Gasteiger charge is 2.09. The van der Waals surface area contributed by atoms with Gasteiger partial charge in [-0.05, 0) is 44.0 Å². The number of rotatable bonds is 8. The number of aryl methyl sites for hydroxylation is 1. The molecule has 0 spiro atoms. The Labute approximate surface area is 155 Å². The van der Waals surface area contributed by atoms with Crippen LogP contribution >= 0.6 is 0 Å². The minimum absolute atomic E-state index is 0.0557. The lowest BCUT2D eigenvalue weighted by atomic mass is 10.1. The molecule has 0 saturated carbocycles. The molecule has 1 amide bonds. The van der Waals surface area contributed by atoms with Gasteiger partial charge in [0.1, 0.15) is 0 Å². The summed E-state index contributed by atoms with van der Waals surface area (Å²) in [5.74, 6) is 0.845. The predicted octanol–water partition coefficient (Wildman–Crippen LogP) is 0.862. The first-order valence-electron chi connectivity index (χ1n) is 8.39.